The molecule has 1 aliphatic carbocycles. The minimum Gasteiger partial charge on any atom is -0.334 e. The SMILES string of the molecule is CN(C)CC(=O)Nc1cccc(CNC(=O)NC2(c3ccc(Br)cc3)CC2)c1. The van der Waals surface area contributed by atoms with Gasteiger partial charge in [0.2, 0.25) is 5.91 Å². The maximum atomic E-state index is 12.4. The molecule has 0 bridgehead atoms. The van der Waals surface area contributed by atoms with E-state index in [1.807, 2.05) is 67.5 Å². The van der Waals surface area contributed by atoms with Crippen LogP contribution in [0.2, 0.25) is 0 Å². The summed E-state index contributed by atoms with van der Waals surface area (Å²) in [5.74, 6) is -0.0713. The van der Waals surface area contributed by atoms with Crippen molar-refractivity contribution >= 4 is 33.6 Å². The number of benzene rings is 2. The molecular weight excluding hydrogens is 420 g/mol. The van der Waals surface area contributed by atoms with Crippen LogP contribution in [0.15, 0.2) is 53.0 Å². The summed E-state index contributed by atoms with van der Waals surface area (Å²) in [5, 5.41) is 8.87. The number of carbonyl (C=O) groups is 2. The molecular formula is C21H25BrN4O2. The Morgan fingerprint density at radius 2 is 1.82 bits per heavy atom. The minimum atomic E-state index is -0.257. The first-order valence-corrected chi connectivity index (χ1v) is 10.0. The molecule has 6 nitrogen and oxygen atoms in total. The summed E-state index contributed by atoms with van der Waals surface area (Å²) in [7, 11) is 3.69. The van der Waals surface area contributed by atoms with Crippen LogP contribution in [0.1, 0.15) is 24.0 Å². The Bertz CT molecular complexity index is 848. The number of hydrogen-bond acceptors (Lipinski definition) is 3. The zero-order valence-corrected chi connectivity index (χ0v) is 17.7. The Balaban J connectivity index is 1.53. The average molecular weight is 445 g/mol. The Labute approximate surface area is 173 Å². The first-order valence-electron chi connectivity index (χ1n) is 9.22. The van der Waals surface area contributed by atoms with Gasteiger partial charge < -0.3 is 20.9 Å². The van der Waals surface area contributed by atoms with Crippen molar-refractivity contribution in [3.8, 4) is 0 Å². The number of carbonyl (C=O) groups excluding carboxylic acids is 2. The molecule has 0 aromatic heterocycles. The summed E-state index contributed by atoms with van der Waals surface area (Å²) in [4.78, 5) is 26.1. The highest BCUT2D eigenvalue weighted by molar-refractivity contribution is 9.10. The van der Waals surface area contributed by atoms with E-state index < -0.39 is 0 Å². The second-order valence-electron chi connectivity index (χ2n) is 7.38. The molecule has 3 amide bonds. The van der Waals surface area contributed by atoms with Crippen molar-refractivity contribution in [1.29, 1.82) is 0 Å². The third kappa shape index (κ3) is 5.56. The molecule has 0 atom stereocenters. The van der Waals surface area contributed by atoms with Crippen molar-refractivity contribution < 1.29 is 9.59 Å². The number of anilines is 1. The van der Waals surface area contributed by atoms with Crippen molar-refractivity contribution in [3.63, 3.8) is 0 Å². The molecule has 7 heteroatoms. The van der Waals surface area contributed by atoms with Crippen molar-refractivity contribution in [2.75, 3.05) is 26.0 Å². The Kier molecular flexibility index (Phi) is 6.36. The molecule has 0 heterocycles. The van der Waals surface area contributed by atoms with Gasteiger partial charge in [-0.25, -0.2) is 4.79 Å². The van der Waals surface area contributed by atoms with E-state index in [1.165, 1.54) is 0 Å². The van der Waals surface area contributed by atoms with Crippen molar-refractivity contribution in [2.24, 2.45) is 0 Å². The van der Waals surface area contributed by atoms with Gasteiger partial charge in [0.15, 0.2) is 0 Å². The standard InChI is InChI=1S/C21H25BrN4O2/c1-26(2)14-19(27)24-18-5-3-4-15(12-18)13-23-20(28)25-21(10-11-21)16-6-8-17(22)9-7-16/h3-9,12H,10-11,13-14H2,1-2H3,(H,24,27)(H2,23,25,28). The highest BCUT2D eigenvalue weighted by Gasteiger charge is 2.45. The van der Waals surface area contributed by atoms with Gasteiger partial charge in [-0.3, -0.25) is 4.79 Å². The first kappa shape index (κ1) is 20.4. The zero-order chi connectivity index (χ0) is 20.1. The number of halogens is 1. The Morgan fingerprint density at radius 3 is 2.46 bits per heavy atom. The molecule has 0 unspecified atom stereocenters. The zero-order valence-electron chi connectivity index (χ0n) is 16.1. The molecule has 2 aromatic rings. The molecule has 0 saturated heterocycles. The molecule has 0 aliphatic heterocycles. The van der Waals surface area contributed by atoms with Gasteiger partial charge in [0.1, 0.15) is 0 Å². The lowest BCUT2D eigenvalue weighted by atomic mass is 10.1. The fourth-order valence-electron chi connectivity index (χ4n) is 3.07. The van der Waals surface area contributed by atoms with Crippen LogP contribution >= 0.6 is 15.9 Å². The smallest absolute Gasteiger partial charge is 0.315 e. The van der Waals surface area contributed by atoms with Gasteiger partial charge in [0, 0.05) is 16.7 Å². The number of nitrogens with one attached hydrogen (secondary N) is 3. The van der Waals surface area contributed by atoms with Gasteiger partial charge in [-0.15, -0.1) is 0 Å². The van der Waals surface area contributed by atoms with Crippen molar-refractivity contribution in [3.05, 3.63) is 64.1 Å². The highest BCUT2D eigenvalue weighted by Crippen LogP contribution is 2.45. The molecule has 3 N–H and O–H groups in total. The summed E-state index contributed by atoms with van der Waals surface area (Å²) in [6.07, 6.45) is 1.88. The van der Waals surface area contributed by atoms with Crippen LogP contribution in [0.4, 0.5) is 10.5 Å². The summed E-state index contributed by atoms with van der Waals surface area (Å²) in [6.45, 7) is 0.711. The van der Waals surface area contributed by atoms with E-state index in [0.717, 1.165) is 34.1 Å². The van der Waals surface area contributed by atoms with Gasteiger partial charge in [0.25, 0.3) is 0 Å². The van der Waals surface area contributed by atoms with E-state index in [0.29, 0.717) is 13.1 Å². The van der Waals surface area contributed by atoms with Crippen LogP contribution in [0.3, 0.4) is 0 Å². The number of hydrogen-bond donors (Lipinski definition) is 3. The fraction of sp³-hybridized carbons (Fsp3) is 0.333. The molecule has 0 radical (unpaired) electrons. The van der Waals surface area contributed by atoms with Crippen LogP contribution in [0, 0.1) is 0 Å². The van der Waals surface area contributed by atoms with E-state index in [-0.39, 0.29) is 17.5 Å². The third-order valence-corrected chi connectivity index (χ3v) is 5.15. The lowest BCUT2D eigenvalue weighted by Gasteiger charge is -2.19. The molecule has 148 valence electrons. The number of nitrogens with zero attached hydrogens (tertiary/aromatic N) is 1. The van der Waals surface area contributed by atoms with E-state index >= 15 is 0 Å². The van der Waals surface area contributed by atoms with Gasteiger partial charge in [-0.05, 0) is 62.3 Å². The predicted molar refractivity (Wildman–Crippen MR) is 114 cm³/mol. The van der Waals surface area contributed by atoms with Crippen LogP contribution in [0.25, 0.3) is 0 Å². The lowest BCUT2D eigenvalue weighted by Crippen LogP contribution is -2.41. The quantitative estimate of drug-likeness (QED) is 0.612. The lowest BCUT2D eigenvalue weighted by molar-refractivity contribution is -0.116. The number of urea groups is 1. The molecule has 0 spiro atoms. The number of rotatable bonds is 7. The van der Waals surface area contributed by atoms with E-state index in [4.69, 9.17) is 0 Å². The molecule has 1 saturated carbocycles. The maximum absolute atomic E-state index is 12.4. The predicted octanol–water partition coefficient (Wildman–Crippen LogP) is 3.44. The molecule has 1 fully saturated rings. The average Bonchev–Trinajstić information content (AvgIpc) is 3.40. The molecule has 2 aromatic carbocycles. The highest BCUT2D eigenvalue weighted by atomic mass is 79.9. The Morgan fingerprint density at radius 1 is 1.11 bits per heavy atom. The van der Waals surface area contributed by atoms with Gasteiger partial charge in [0.05, 0.1) is 12.1 Å². The summed E-state index contributed by atoms with van der Waals surface area (Å²) >= 11 is 3.44. The van der Waals surface area contributed by atoms with Gasteiger partial charge in [-0.1, -0.05) is 40.2 Å². The summed E-state index contributed by atoms with van der Waals surface area (Å²) < 4.78 is 1.02. The van der Waals surface area contributed by atoms with Crippen LogP contribution in [-0.4, -0.2) is 37.5 Å². The van der Waals surface area contributed by atoms with Crippen LogP contribution in [0.5, 0.6) is 0 Å². The largest absolute Gasteiger partial charge is 0.334 e. The minimum absolute atomic E-state index is 0.0713. The van der Waals surface area contributed by atoms with E-state index in [1.54, 1.807) is 0 Å². The molecule has 1 aliphatic rings. The fourth-order valence-corrected chi connectivity index (χ4v) is 3.33. The normalized spacial score (nSPS) is 14.4. The first-order chi connectivity index (χ1) is 13.4. The van der Waals surface area contributed by atoms with E-state index in [9.17, 15) is 9.59 Å². The van der Waals surface area contributed by atoms with Crippen LogP contribution in [-0.2, 0) is 16.9 Å². The van der Waals surface area contributed by atoms with Gasteiger partial charge >= 0.3 is 6.03 Å². The maximum Gasteiger partial charge on any atom is 0.315 e. The topological polar surface area (TPSA) is 73.5 Å². The second-order valence-corrected chi connectivity index (χ2v) is 8.30. The summed E-state index contributed by atoms with van der Waals surface area (Å²) in [5.41, 5.74) is 2.51. The van der Waals surface area contributed by atoms with Crippen LogP contribution < -0.4 is 16.0 Å². The second kappa shape index (κ2) is 8.75. The Hall–Kier alpha value is -2.38. The molecule has 3 rings (SSSR count). The third-order valence-electron chi connectivity index (χ3n) is 4.62. The molecule has 28 heavy (non-hydrogen) atoms. The number of likely N-dealkylation sites (N-methyl/N-ethyl adjacent to an activating group) is 1. The summed E-state index contributed by atoms with van der Waals surface area (Å²) in [6, 6.07) is 15.4. The van der Waals surface area contributed by atoms with Crippen molar-refractivity contribution in [2.45, 2.75) is 24.9 Å². The van der Waals surface area contributed by atoms with Gasteiger partial charge in [-0.2, -0.15) is 0 Å². The van der Waals surface area contributed by atoms with E-state index in [2.05, 4.69) is 31.9 Å². The monoisotopic (exact) mass is 444 g/mol. The number of amides is 3. The van der Waals surface area contributed by atoms with Crippen molar-refractivity contribution in [1.82, 2.24) is 15.5 Å².